The Kier molecular flexibility index (Phi) is 6.17. The van der Waals surface area contributed by atoms with E-state index in [-0.39, 0.29) is 11.9 Å². The molecule has 128 valence electrons. The molecule has 23 heavy (non-hydrogen) atoms. The quantitative estimate of drug-likeness (QED) is 0.752. The second-order valence-electron chi connectivity index (χ2n) is 5.10. The van der Waals surface area contributed by atoms with Crippen molar-refractivity contribution >= 4 is 23.4 Å². The Morgan fingerprint density at radius 2 is 2.30 bits per heavy atom. The molecule has 2 heterocycles. The molecule has 0 saturated carbocycles. The van der Waals surface area contributed by atoms with E-state index < -0.39 is 12.1 Å². The lowest BCUT2D eigenvalue weighted by molar-refractivity contribution is 0.0526. The van der Waals surface area contributed by atoms with Crippen LogP contribution in [0.5, 0.6) is 5.88 Å². The van der Waals surface area contributed by atoms with Crippen molar-refractivity contribution in [2.24, 2.45) is 0 Å². The SMILES string of the molecule is CCOC(=O)c1sc(C)nc1OCC[C@@H]1CN(C(=O)O)CCN1. The van der Waals surface area contributed by atoms with E-state index in [1.54, 1.807) is 13.8 Å². The first-order valence-electron chi connectivity index (χ1n) is 7.49. The minimum Gasteiger partial charge on any atom is -0.476 e. The molecule has 0 aliphatic carbocycles. The summed E-state index contributed by atoms with van der Waals surface area (Å²) >= 11 is 1.24. The first-order valence-corrected chi connectivity index (χ1v) is 8.31. The van der Waals surface area contributed by atoms with Crippen LogP contribution in [0.1, 0.15) is 28.0 Å². The first-order chi connectivity index (χ1) is 11.0. The molecule has 2 rings (SSSR count). The molecule has 1 aliphatic heterocycles. The van der Waals surface area contributed by atoms with Crippen LogP contribution >= 0.6 is 11.3 Å². The van der Waals surface area contributed by atoms with Crippen LogP contribution in [0, 0.1) is 6.92 Å². The largest absolute Gasteiger partial charge is 0.476 e. The molecule has 0 unspecified atom stereocenters. The smallest absolute Gasteiger partial charge is 0.407 e. The number of thiazole rings is 1. The maximum Gasteiger partial charge on any atom is 0.407 e. The van der Waals surface area contributed by atoms with Gasteiger partial charge >= 0.3 is 12.1 Å². The minimum absolute atomic E-state index is 0.0330. The molecule has 1 aliphatic rings. The summed E-state index contributed by atoms with van der Waals surface area (Å²) in [6, 6.07) is 0.0330. The molecule has 1 atom stereocenters. The van der Waals surface area contributed by atoms with Crippen LogP contribution in [0.4, 0.5) is 4.79 Å². The predicted octanol–water partition coefficient (Wildman–Crippen LogP) is 1.35. The number of carbonyl (C=O) groups is 2. The molecule has 0 aromatic carbocycles. The summed E-state index contributed by atoms with van der Waals surface area (Å²) in [5.74, 6) is -0.141. The fourth-order valence-electron chi connectivity index (χ4n) is 2.32. The highest BCUT2D eigenvalue weighted by Gasteiger charge is 2.23. The maximum absolute atomic E-state index is 11.8. The highest BCUT2D eigenvalue weighted by atomic mass is 32.1. The molecule has 0 radical (unpaired) electrons. The highest BCUT2D eigenvalue weighted by Crippen LogP contribution is 2.26. The number of amides is 1. The third-order valence-electron chi connectivity index (χ3n) is 3.39. The van der Waals surface area contributed by atoms with Crippen LogP contribution in [-0.4, -0.2) is 65.9 Å². The van der Waals surface area contributed by atoms with E-state index in [2.05, 4.69) is 10.3 Å². The number of nitrogens with zero attached hydrogens (tertiary/aromatic N) is 2. The number of nitrogens with one attached hydrogen (secondary N) is 1. The number of carbonyl (C=O) groups excluding carboxylic acids is 1. The molecule has 0 spiro atoms. The van der Waals surface area contributed by atoms with Crippen molar-refractivity contribution in [1.82, 2.24) is 15.2 Å². The third kappa shape index (κ3) is 4.80. The minimum atomic E-state index is -0.905. The molecule has 1 amide bonds. The average Bonchev–Trinajstić information content (AvgIpc) is 2.89. The lowest BCUT2D eigenvalue weighted by atomic mass is 10.1. The normalized spacial score (nSPS) is 17.8. The van der Waals surface area contributed by atoms with Crippen molar-refractivity contribution < 1.29 is 24.2 Å². The summed E-state index contributed by atoms with van der Waals surface area (Å²) in [7, 11) is 0. The second kappa shape index (κ2) is 8.11. The zero-order valence-corrected chi connectivity index (χ0v) is 14.0. The molecule has 9 heteroatoms. The average molecular weight is 343 g/mol. The zero-order valence-electron chi connectivity index (χ0n) is 13.2. The van der Waals surface area contributed by atoms with Gasteiger partial charge in [0.1, 0.15) is 0 Å². The van der Waals surface area contributed by atoms with Gasteiger partial charge < -0.3 is 24.8 Å². The molecule has 2 N–H and O–H groups in total. The number of hydrogen-bond donors (Lipinski definition) is 2. The topological polar surface area (TPSA) is 101 Å². The van der Waals surface area contributed by atoms with Gasteiger partial charge in [0.15, 0.2) is 4.88 Å². The Morgan fingerprint density at radius 1 is 1.52 bits per heavy atom. The van der Waals surface area contributed by atoms with Crippen LogP contribution in [-0.2, 0) is 4.74 Å². The standard InChI is InChI=1S/C14H21N3O5S/c1-3-21-13(18)11-12(16-9(2)23-11)22-7-4-10-8-17(14(19)20)6-5-15-10/h10,15H,3-8H2,1-2H3,(H,19,20)/t10-/m1/s1. The van der Waals surface area contributed by atoms with Crippen LogP contribution in [0.15, 0.2) is 0 Å². The van der Waals surface area contributed by atoms with Gasteiger partial charge in [0.25, 0.3) is 0 Å². The zero-order chi connectivity index (χ0) is 16.8. The van der Waals surface area contributed by atoms with Crippen molar-refractivity contribution in [1.29, 1.82) is 0 Å². The molecular weight excluding hydrogens is 322 g/mol. The third-order valence-corrected chi connectivity index (χ3v) is 4.33. The molecule has 1 saturated heterocycles. The molecule has 8 nitrogen and oxygen atoms in total. The van der Waals surface area contributed by atoms with Gasteiger partial charge in [-0.25, -0.2) is 14.6 Å². The van der Waals surface area contributed by atoms with Gasteiger partial charge in [-0.15, -0.1) is 11.3 Å². The van der Waals surface area contributed by atoms with Crippen molar-refractivity contribution in [3.05, 3.63) is 9.88 Å². The van der Waals surface area contributed by atoms with Gasteiger partial charge in [0.2, 0.25) is 5.88 Å². The van der Waals surface area contributed by atoms with Gasteiger partial charge in [-0.05, 0) is 20.3 Å². The van der Waals surface area contributed by atoms with E-state index >= 15 is 0 Å². The Labute approximate surface area is 138 Å². The number of ether oxygens (including phenoxy) is 2. The monoisotopic (exact) mass is 343 g/mol. The molecule has 1 aromatic rings. The fourth-order valence-corrected chi connectivity index (χ4v) is 3.08. The van der Waals surface area contributed by atoms with E-state index in [1.807, 2.05) is 0 Å². The lowest BCUT2D eigenvalue weighted by Crippen LogP contribution is -2.52. The molecule has 1 fully saturated rings. The summed E-state index contributed by atoms with van der Waals surface area (Å²) < 4.78 is 10.6. The highest BCUT2D eigenvalue weighted by molar-refractivity contribution is 7.13. The Bertz CT molecular complexity index is 563. The van der Waals surface area contributed by atoms with Gasteiger partial charge in [0, 0.05) is 25.7 Å². The van der Waals surface area contributed by atoms with Crippen molar-refractivity contribution in [3.63, 3.8) is 0 Å². The molecule has 1 aromatic heterocycles. The lowest BCUT2D eigenvalue weighted by Gasteiger charge is -2.31. The molecular formula is C14H21N3O5S. The summed E-state index contributed by atoms with van der Waals surface area (Å²) in [5, 5.41) is 13.0. The Balaban J connectivity index is 1.86. The van der Waals surface area contributed by atoms with E-state index in [4.69, 9.17) is 14.6 Å². The fraction of sp³-hybridized carbons (Fsp3) is 0.643. The molecule has 0 bridgehead atoms. The number of carboxylic acid groups (broad SMARTS) is 1. The van der Waals surface area contributed by atoms with E-state index in [9.17, 15) is 9.59 Å². The van der Waals surface area contributed by atoms with Crippen LogP contribution in [0.3, 0.4) is 0 Å². The number of aromatic nitrogens is 1. The van der Waals surface area contributed by atoms with Gasteiger partial charge in [-0.1, -0.05) is 0 Å². The predicted molar refractivity (Wildman–Crippen MR) is 84.3 cm³/mol. The number of esters is 1. The van der Waals surface area contributed by atoms with Crippen molar-refractivity contribution in [3.8, 4) is 5.88 Å². The summed E-state index contributed by atoms with van der Waals surface area (Å²) in [4.78, 5) is 28.8. The first kappa shape index (κ1) is 17.5. The van der Waals surface area contributed by atoms with Gasteiger partial charge in [0.05, 0.1) is 18.2 Å². The summed E-state index contributed by atoms with van der Waals surface area (Å²) in [6.45, 7) is 5.74. The summed E-state index contributed by atoms with van der Waals surface area (Å²) in [6.07, 6.45) is -0.278. The van der Waals surface area contributed by atoms with Gasteiger partial charge in [-0.3, -0.25) is 0 Å². The van der Waals surface area contributed by atoms with E-state index in [0.717, 1.165) is 5.01 Å². The van der Waals surface area contributed by atoms with Gasteiger partial charge in [-0.2, -0.15) is 0 Å². The summed E-state index contributed by atoms with van der Waals surface area (Å²) in [5.41, 5.74) is 0. The van der Waals surface area contributed by atoms with Crippen molar-refractivity contribution in [2.45, 2.75) is 26.3 Å². The second-order valence-corrected chi connectivity index (χ2v) is 6.31. The number of hydrogen-bond acceptors (Lipinski definition) is 7. The van der Waals surface area contributed by atoms with E-state index in [1.165, 1.54) is 16.2 Å². The van der Waals surface area contributed by atoms with Crippen LogP contribution in [0.2, 0.25) is 0 Å². The maximum atomic E-state index is 11.8. The number of piperazine rings is 1. The van der Waals surface area contributed by atoms with Crippen molar-refractivity contribution in [2.75, 3.05) is 32.8 Å². The van der Waals surface area contributed by atoms with Crippen LogP contribution in [0.25, 0.3) is 0 Å². The van der Waals surface area contributed by atoms with Crippen LogP contribution < -0.4 is 10.1 Å². The number of rotatable bonds is 6. The Hall–Kier alpha value is -1.87. The Morgan fingerprint density at radius 3 is 3.00 bits per heavy atom. The van der Waals surface area contributed by atoms with E-state index in [0.29, 0.717) is 44.1 Å². The number of aryl methyl sites for hydroxylation is 1.